The van der Waals surface area contributed by atoms with Gasteiger partial charge in [0.2, 0.25) is 0 Å². The summed E-state index contributed by atoms with van der Waals surface area (Å²) in [7, 11) is 0. The van der Waals surface area contributed by atoms with Crippen LogP contribution in [0.25, 0.3) is 5.69 Å². The third-order valence-corrected chi connectivity index (χ3v) is 6.08. The van der Waals surface area contributed by atoms with E-state index < -0.39 is 5.97 Å². The molecule has 0 bridgehead atoms. The number of piperidine rings is 1. The minimum absolute atomic E-state index is 0.100. The van der Waals surface area contributed by atoms with Crippen LogP contribution in [0.4, 0.5) is 0 Å². The predicted molar refractivity (Wildman–Crippen MR) is 105 cm³/mol. The zero-order valence-electron chi connectivity index (χ0n) is 17.0. The van der Waals surface area contributed by atoms with E-state index in [1.165, 1.54) is 0 Å². The quantitative estimate of drug-likeness (QED) is 0.832. The van der Waals surface area contributed by atoms with Crippen LogP contribution in [0, 0.1) is 18.3 Å². The molecular formula is C21H26N4O4. The predicted octanol–water partition coefficient (Wildman–Crippen LogP) is 2.69. The number of amides is 1. The molecule has 1 aliphatic carbocycles. The summed E-state index contributed by atoms with van der Waals surface area (Å²) in [5.41, 5.74) is 1.73. The highest BCUT2D eigenvalue weighted by Crippen LogP contribution is 2.59. The topological polar surface area (TPSA) is 97.5 Å². The summed E-state index contributed by atoms with van der Waals surface area (Å²) >= 11 is 0. The molecule has 4 rings (SSSR count). The van der Waals surface area contributed by atoms with Crippen LogP contribution in [0.15, 0.2) is 24.3 Å². The molecule has 1 aromatic carbocycles. The Morgan fingerprint density at radius 3 is 2.41 bits per heavy atom. The molecule has 1 spiro atoms. The normalized spacial score (nSPS) is 20.1. The summed E-state index contributed by atoms with van der Waals surface area (Å²) in [6.45, 7) is 6.91. The summed E-state index contributed by atoms with van der Waals surface area (Å²) < 4.78 is 7.31. The van der Waals surface area contributed by atoms with E-state index in [0.29, 0.717) is 24.5 Å². The van der Waals surface area contributed by atoms with E-state index in [2.05, 4.69) is 10.3 Å². The standard InChI is InChI=1S/C21H26N4O4/c1-13(2)29-16-6-4-15(5-7-16)25-14(3)18(22-23-25)19(26)24-10-8-21(9-11-24)12-17(21)20(27)28/h4-7,13,17H,8-12H2,1-3H3,(H,27,28). The molecular weight excluding hydrogens is 372 g/mol. The van der Waals surface area contributed by atoms with E-state index in [4.69, 9.17) is 4.74 Å². The Hall–Kier alpha value is -2.90. The maximum absolute atomic E-state index is 13.0. The van der Waals surface area contributed by atoms with Crippen LogP contribution in [0.1, 0.15) is 49.3 Å². The van der Waals surface area contributed by atoms with Gasteiger partial charge in [-0.05, 0) is 69.7 Å². The van der Waals surface area contributed by atoms with Crippen molar-refractivity contribution in [3.05, 3.63) is 35.7 Å². The summed E-state index contributed by atoms with van der Waals surface area (Å²) in [6, 6.07) is 7.52. The second-order valence-corrected chi connectivity index (χ2v) is 8.35. The van der Waals surface area contributed by atoms with Gasteiger partial charge in [-0.3, -0.25) is 9.59 Å². The molecule has 1 aliphatic heterocycles. The van der Waals surface area contributed by atoms with Crippen LogP contribution >= 0.6 is 0 Å². The number of carbonyl (C=O) groups excluding carboxylic acids is 1. The van der Waals surface area contributed by atoms with Gasteiger partial charge in [0.25, 0.3) is 5.91 Å². The maximum atomic E-state index is 13.0. The number of carbonyl (C=O) groups is 2. The van der Waals surface area contributed by atoms with Crippen molar-refractivity contribution in [2.45, 2.75) is 46.1 Å². The Kier molecular flexibility index (Phi) is 4.80. The SMILES string of the molecule is Cc1c(C(=O)N2CCC3(CC2)CC3C(=O)O)nnn1-c1ccc(OC(C)C)cc1. The van der Waals surface area contributed by atoms with Gasteiger partial charge in [0, 0.05) is 13.1 Å². The maximum Gasteiger partial charge on any atom is 0.307 e. The Labute approximate surface area is 169 Å². The van der Waals surface area contributed by atoms with Gasteiger partial charge in [0.15, 0.2) is 5.69 Å². The zero-order chi connectivity index (χ0) is 20.8. The van der Waals surface area contributed by atoms with Gasteiger partial charge in [-0.2, -0.15) is 0 Å². The van der Waals surface area contributed by atoms with Gasteiger partial charge >= 0.3 is 5.97 Å². The van der Waals surface area contributed by atoms with Crippen molar-refractivity contribution in [3.63, 3.8) is 0 Å². The fraction of sp³-hybridized carbons (Fsp3) is 0.524. The van der Waals surface area contributed by atoms with E-state index in [-0.39, 0.29) is 23.3 Å². The molecule has 1 saturated heterocycles. The number of likely N-dealkylation sites (tertiary alicyclic amines) is 1. The second kappa shape index (κ2) is 7.17. The highest BCUT2D eigenvalue weighted by molar-refractivity contribution is 5.93. The lowest BCUT2D eigenvalue weighted by Crippen LogP contribution is -2.40. The average Bonchev–Trinajstić information content (AvgIpc) is 3.25. The van der Waals surface area contributed by atoms with Gasteiger partial charge < -0.3 is 14.7 Å². The molecule has 1 unspecified atom stereocenters. The third kappa shape index (κ3) is 3.59. The monoisotopic (exact) mass is 398 g/mol. The van der Waals surface area contributed by atoms with Crippen LogP contribution < -0.4 is 4.74 Å². The number of carboxylic acids is 1. The summed E-state index contributed by atoms with van der Waals surface area (Å²) in [5.74, 6) is -0.325. The Bertz CT molecular complexity index is 927. The fourth-order valence-electron chi connectivity index (χ4n) is 4.26. The molecule has 0 radical (unpaired) electrons. The number of benzene rings is 1. The Morgan fingerprint density at radius 1 is 1.21 bits per heavy atom. The van der Waals surface area contributed by atoms with Crippen LogP contribution in [-0.4, -0.2) is 56.1 Å². The average molecular weight is 398 g/mol. The first kappa shape index (κ1) is 19.4. The number of nitrogens with zero attached hydrogens (tertiary/aromatic N) is 4. The van der Waals surface area contributed by atoms with Gasteiger partial charge in [-0.25, -0.2) is 4.68 Å². The summed E-state index contributed by atoms with van der Waals surface area (Å²) in [6.07, 6.45) is 2.31. The molecule has 1 N–H and O–H groups in total. The lowest BCUT2D eigenvalue weighted by Gasteiger charge is -2.32. The largest absolute Gasteiger partial charge is 0.491 e. The molecule has 1 saturated carbocycles. The first-order valence-corrected chi connectivity index (χ1v) is 10.0. The van der Waals surface area contributed by atoms with Gasteiger partial charge in [0.05, 0.1) is 23.4 Å². The number of hydrogen-bond donors (Lipinski definition) is 1. The first-order chi connectivity index (χ1) is 13.8. The van der Waals surface area contributed by atoms with Gasteiger partial charge in [-0.1, -0.05) is 5.21 Å². The highest BCUT2D eigenvalue weighted by Gasteiger charge is 2.59. The second-order valence-electron chi connectivity index (χ2n) is 8.35. The Morgan fingerprint density at radius 2 is 1.86 bits per heavy atom. The molecule has 1 amide bonds. The molecule has 8 nitrogen and oxygen atoms in total. The van der Waals surface area contributed by atoms with E-state index >= 15 is 0 Å². The molecule has 29 heavy (non-hydrogen) atoms. The molecule has 2 fully saturated rings. The van der Waals surface area contributed by atoms with Crippen molar-refractivity contribution in [1.82, 2.24) is 19.9 Å². The van der Waals surface area contributed by atoms with Gasteiger partial charge in [-0.15, -0.1) is 5.10 Å². The summed E-state index contributed by atoms with van der Waals surface area (Å²) in [4.78, 5) is 25.9. The van der Waals surface area contributed by atoms with Crippen molar-refractivity contribution in [2.24, 2.45) is 11.3 Å². The molecule has 8 heteroatoms. The van der Waals surface area contributed by atoms with E-state index in [9.17, 15) is 14.7 Å². The fourth-order valence-corrected chi connectivity index (χ4v) is 4.26. The van der Waals surface area contributed by atoms with Crippen LogP contribution in [0.2, 0.25) is 0 Å². The number of hydrogen-bond acceptors (Lipinski definition) is 5. The van der Waals surface area contributed by atoms with E-state index in [1.54, 1.807) is 9.58 Å². The molecule has 1 atom stereocenters. The third-order valence-electron chi connectivity index (χ3n) is 6.08. The van der Waals surface area contributed by atoms with Crippen molar-refractivity contribution in [1.29, 1.82) is 0 Å². The molecule has 2 heterocycles. The number of ether oxygens (including phenoxy) is 1. The number of rotatable bonds is 5. The minimum Gasteiger partial charge on any atom is -0.491 e. The van der Waals surface area contributed by atoms with Crippen molar-refractivity contribution in [2.75, 3.05) is 13.1 Å². The number of aromatic nitrogens is 3. The summed E-state index contributed by atoms with van der Waals surface area (Å²) in [5, 5.41) is 17.5. The minimum atomic E-state index is -0.714. The van der Waals surface area contributed by atoms with Crippen LogP contribution in [-0.2, 0) is 4.79 Å². The zero-order valence-corrected chi connectivity index (χ0v) is 17.0. The molecule has 1 aromatic heterocycles. The van der Waals surface area contributed by atoms with Crippen molar-refractivity contribution >= 4 is 11.9 Å². The first-order valence-electron chi connectivity index (χ1n) is 10.0. The molecule has 2 aliphatic rings. The smallest absolute Gasteiger partial charge is 0.307 e. The van der Waals surface area contributed by atoms with Crippen LogP contribution in [0.3, 0.4) is 0 Å². The van der Waals surface area contributed by atoms with E-state index in [1.807, 2.05) is 45.0 Å². The van der Waals surface area contributed by atoms with Gasteiger partial charge in [0.1, 0.15) is 5.75 Å². The lowest BCUT2D eigenvalue weighted by molar-refractivity contribution is -0.139. The molecule has 154 valence electrons. The van der Waals surface area contributed by atoms with Crippen LogP contribution in [0.5, 0.6) is 5.75 Å². The lowest BCUT2D eigenvalue weighted by atomic mass is 9.90. The Balaban J connectivity index is 1.45. The number of carboxylic acid groups (broad SMARTS) is 1. The number of aliphatic carboxylic acids is 1. The highest BCUT2D eigenvalue weighted by atomic mass is 16.5. The van der Waals surface area contributed by atoms with Crippen molar-refractivity contribution in [3.8, 4) is 11.4 Å². The van der Waals surface area contributed by atoms with Crippen molar-refractivity contribution < 1.29 is 19.4 Å². The molecule has 2 aromatic rings. The van der Waals surface area contributed by atoms with E-state index in [0.717, 1.165) is 30.7 Å².